The molecule has 1 unspecified atom stereocenters. The molecule has 1 N–H and O–H groups in total. The van der Waals surface area contributed by atoms with Crippen molar-refractivity contribution in [2.24, 2.45) is 5.92 Å². The number of hydrogen-bond donors (Lipinski definition) is 1. The second-order valence-electron chi connectivity index (χ2n) is 7.52. The first-order valence-electron chi connectivity index (χ1n) is 9.61. The van der Waals surface area contributed by atoms with Gasteiger partial charge in [-0.2, -0.15) is 5.26 Å². The fourth-order valence-electron chi connectivity index (χ4n) is 3.85. The molecule has 4 nitrogen and oxygen atoms in total. The van der Waals surface area contributed by atoms with Gasteiger partial charge in [0.15, 0.2) is 0 Å². The van der Waals surface area contributed by atoms with Crippen molar-refractivity contribution in [3.8, 4) is 6.07 Å². The summed E-state index contributed by atoms with van der Waals surface area (Å²) in [7, 11) is 0. The van der Waals surface area contributed by atoms with Crippen LogP contribution in [0.4, 0.5) is 5.82 Å². The zero-order valence-corrected chi connectivity index (χ0v) is 18.4. The number of nitriles is 1. The molecule has 2 atom stereocenters. The molecular weight excluding hydrogens is 420 g/mol. The number of thiophene rings is 1. The predicted molar refractivity (Wildman–Crippen MR) is 116 cm³/mol. The van der Waals surface area contributed by atoms with Crippen molar-refractivity contribution in [2.45, 2.75) is 44.6 Å². The topological polar surface area (TPSA) is 52.0 Å². The standard InChI is InChI=1S/C21H27BrN4S/c1-16(2)21(15-23,18-6-4-13-27-18)10-5-11-24-17-9-12-26(14-17)20-8-3-7-19(22)25-20/h3-4,6-8,13,16-17,24H,5,9-12,14H2,1-2H3/t17-,21?/m1/s1. The predicted octanol–water partition coefficient (Wildman–Crippen LogP) is 4.97. The van der Waals surface area contributed by atoms with Gasteiger partial charge in [0.25, 0.3) is 0 Å². The second kappa shape index (κ2) is 9.18. The fourth-order valence-corrected chi connectivity index (χ4v) is 5.24. The smallest absolute Gasteiger partial charge is 0.129 e. The van der Waals surface area contributed by atoms with Gasteiger partial charge in [-0.25, -0.2) is 4.98 Å². The van der Waals surface area contributed by atoms with E-state index in [0.717, 1.165) is 49.3 Å². The molecule has 0 radical (unpaired) electrons. The number of halogens is 1. The summed E-state index contributed by atoms with van der Waals surface area (Å²) < 4.78 is 0.881. The van der Waals surface area contributed by atoms with Gasteiger partial charge in [-0.1, -0.05) is 26.0 Å². The van der Waals surface area contributed by atoms with Gasteiger partial charge in [0.1, 0.15) is 10.4 Å². The van der Waals surface area contributed by atoms with Gasteiger partial charge in [0, 0.05) is 24.0 Å². The quantitative estimate of drug-likeness (QED) is 0.459. The SMILES string of the molecule is CC(C)C(C#N)(CCCN[C@@H]1CCN(c2cccc(Br)n2)C1)c1cccs1. The van der Waals surface area contributed by atoms with Crippen molar-refractivity contribution in [1.29, 1.82) is 5.26 Å². The first kappa shape index (κ1) is 20.3. The van der Waals surface area contributed by atoms with Crippen LogP contribution < -0.4 is 10.2 Å². The maximum Gasteiger partial charge on any atom is 0.129 e. The molecule has 6 heteroatoms. The van der Waals surface area contributed by atoms with Gasteiger partial charge in [-0.3, -0.25) is 0 Å². The third-order valence-electron chi connectivity index (χ3n) is 5.54. The highest BCUT2D eigenvalue weighted by Crippen LogP contribution is 2.38. The monoisotopic (exact) mass is 446 g/mol. The normalized spacial score (nSPS) is 19.2. The van der Waals surface area contributed by atoms with Gasteiger partial charge >= 0.3 is 0 Å². The Labute approximate surface area is 174 Å². The largest absolute Gasteiger partial charge is 0.355 e. The highest BCUT2D eigenvalue weighted by Gasteiger charge is 2.36. The summed E-state index contributed by atoms with van der Waals surface area (Å²) in [5.41, 5.74) is -0.363. The van der Waals surface area contributed by atoms with E-state index in [1.807, 2.05) is 12.1 Å². The Morgan fingerprint density at radius 1 is 1.41 bits per heavy atom. The third kappa shape index (κ3) is 4.71. The Kier molecular flexibility index (Phi) is 6.91. The van der Waals surface area contributed by atoms with E-state index >= 15 is 0 Å². The Hall–Kier alpha value is -1.42. The van der Waals surface area contributed by atoms with Crippen LogP contribution in [0.5, 0.6) is 0 Å². The molecule has 1 aliphatic heterocycles. The van der Waals surface area contributed by atoms with E-state index in [-0.39, 0.29) is 5.41 Å². The van der Waals surface area contributed by atoms with Crippen LogP contribution in [0.25, 0.3) is 0 Å². The van der Waals surface area contributed by atoms with Crippen LogP contribution in [0.15, 0.2) is 40.3 Å². The van der Waals surface area contributed by atoms with E-state index in [9.17, 15) is 5.26 Å². The molecule has 0 spiro atoms. The maximum absolute atomic E-state index is 9.93. The van der Waals surface area contributed by atoms with Crippen molar-refractivity contribution in [1.82, 2.24) is 10.3 Å². The van der Waals surface area contributed by atoms with Gasteiger partial charge in [-0.15, -0.1) is 11.3 Å². The van der Waals surface area contributed by atoms with Crippen LogP contribution in [-0.4, -0.2) is 30.7 Å². The Morgan fingerprint density at radius 2 is 2.26 bits per heavy atom. The minimum absolute atomic E-state index is 0.311. The van der Waals surface area contributed by atoms with Gasteiger partial charge in [0.05, 0.1) is 11.5 Å². The molecule has 1 fully saturated rings. The van der Waals surface area contributed by atoms with E-state index in [4.69, 9.17) is 0 Å². The van der Waals surface area contributed by atoms with Crippen LogP contribution in [0, 0.1) is 17.2 Å². The Balaban J connectivity index is 1.49. The van der Waals surface area contributed by atoms with Crippen molar-refractivity contribution in [3.05, 3.63) is 45.2 Å². The molecule has 0 bridgehead atoms. The molecule has 0 aliphatic carbocycles. The number of anilines is 1. The molecule has 2 aromatic heterocycles. The summed E-state index contributed by atoms with van der Waals surface area (Å²) in [6.07, 6.45) is 3.04. The highest BCUT2D eigenvalue weighted by molar-refractivity contribution is 9.10. The van der Waals surface area contributed by atoms with Crippen LogP contribution >= 0.6 is 27.3 Å². The summed E-state index contributed by atoms with van der Waals surface area (Å²) in [4.78, 5) is 8.09. The molecule has 1 saturated heterocycles. The molecule has 144 valence electrons. The minimum atomic E-state index is -0.363. The average Bonchev–Trinajstić information content (AvgIpc) is 3.34. The average molecular weight is 447 g/mol. The Bertz CT molecular complexity index is 771. The minimum Gasteiger partial charge on any atom is -0.355 e. The Morgan fingerprint density at radius 3 is 2.93 bits per heavy atom. The van der Waals surface area contributed by atoms with Crippen molar-refractivity contribution < 1.29 is 0 Å². The first-order valence-corrected chi connectivity index (χ1v) is 11.3. The number of aromatic nitrogens is 1. The summed E-state index contributed by atoms with van der Waals surface area (Å²) in [5, 5.41) is 15.7. The number of rotatable bonds is 8. The lowest BCUT2D eigenvalue weighted by Crippen LogP contribution is -2.35. The fraction of sp³-hybridized carbons (Fsp3) is 0.524. The van der Waals surface area contributed by atoms with E-state index in [1.54, 1.807) is 11.3 Å². The maximum atomic E-state index is 9.93. The first-order chi connectivity index (χ1) is 13.0. The molecule has 27 heavy (non-hydrogen) atoms. The lowest BCUT2D eigenvalue weighted by atomic mass is 9.74. The zero-order chi connectivity index (χ0) is 19.3. The summed E-state index contributed by atoms with van der Waals surface area (Å²) >= 11 is 5.15. The van der Waals surface area contributed by atoms with E-state index in [2.05, 4.69) is 74.6 Å². The molecule has 0 amide bonds. The van der Waals surface area contributed by atoms with Crippen LogP contribution in [0.2, 0.25) is 0 Å². The van der Waals surface area contributed by atoms with E-state index in [0.29, 0.717) is 12.0 Å². The third-order valence-corrected chi connectivity index (χ3v) is 7.03. The molecule has 0 saturated carbocycles. The number of nitrogens with zero attached hydrogens (tertiary/aromatic N) is 3. The second-order valence-corrected chi connectivity index (χ2v) is 9.28. The highest BCUT2D eigenvalue weighted by atomic mass is 79.9. The van der Waals surface area contributed by atoms with Crippen molar-refractivity contribution >= 4 is 33.1 Å². The molecule has 3 heterocycles. The zero-order valence-electron chi connectivity index (χ0n) is 16.0. The van der Waals surface area contributed by atoms with E-state index in [1.165, 1.54) is 4.88 Å². The summed E-state index contributed by atoms with van der Waals surface area (Å²) in [6, 6.07) is 13.4. The van der Waals surface area contributed by atoms with Crippen molar-refractivity contribution in [2.75, 3.05) is 24.5 Å². The number of pyridine rings is 1. The summed E-state index contributed by atoms with van der Waals surface area (Å²) in [5.74, 6) is 1.35. The summed E-state index contributed by atoms with van der Waals surface area (Å²) in [6.45, 7) is 7.30. The lowest BCUT2D eigenvalue weighted by molar-refractivity contribution is 0.359. The van der Waals surface area contributed by atoms with E-state index < -0.39 is 0 Å². The molecular formula is C21H27BrN4S. The van der Waals surface area contributed by atoms with Crippen LogP contribution in [0.3, 0.4) is 0 Å². The van der Waals surface area contributed by atoms with Gasteiger partial charge < -0.3 is 10.2 Å². The molecule has 3 rings (SSSR count). The number of hydrogen-bond acceptors (Lipinski definition) is 5. The van der Waals surface area contributed by atoms with Gasteiger partial charge in [-0.05, 0) is 71.2 Å². The molecule has 2 aromatic rings. The lowest BCUT2D eigenvalue weighted by Gasteiger charge is -2.30. The number of nitrogens with one attached hydrogen (secondary N) is 1. The van der Waals surface area contributed by atoms with Crippen molar-refractivity contribution in [3.63, 3.8) is 0 Å². The van der Waals surface area contributed by atoms with Gasteiger partial charge in [0.2, 0.25) is 0 Å². The van der Waals surface area contributed by atoms with Crippen LogP contribution in [-0.2, 0) is 5.41 Å². The molecule has 0 aromatic carbocycles. The molecule has 1 aliphatic rings. The van der Waals surface area contributed by atoms with Crippen LogP contribution in [0.1, 0.15) is 38.0 Å².